The molecule has 0 unspecified atom stereocenters. The monoisotopic (exact) mass is 490 g/mol. The van der Waals surface area contributed by atoms with E-state index in [0.717, 1.165) is 0 Å². The van der Waals surface area contributed by atoms with Gasteiger partial charge in [0, 0.05) is 50.2 Å². The Morgan fingerprint density at radius 3 is 2.42 bits per heavy atom. The van der Waals surface area contributed by atoms with Crippen LogP contribution in [0.1, 0.15) is 18.7 Å². The van der Waals surface area contributed by atoms with Gasteiger partial charge in [-0.15, -0.1) is 10.2 Å². The second-order valence-corrected chi connectivity index (χ2v) is 9.93. The van der Waals surface area contributed by atoms with E-state index in [1.54, 1.807) is 9.30 Å². The first-order chi connectivity index (χ1) is 15.8. The number of benzene rings is 1. The second kappa shape index (κ2) is 9.86. The van der Waals surface area contributed by atoms with Crippen LogP contribution in [0.25, 0.3) is 5.65 Å². The molecule has 0 saturated carbocycles. The number of rotatable bonds is 7. The zero-order valence-electron chi connectivity index (χ0n) is 17.7. The first kappa shape index (κ1) is 23.1. The highest BCUT2D eigenvalue weighted by Crippen LogP contribution is 2.20. The van der Waals surface area contributed by atoms with Crippen molar-refractivity contribution in [3.05, 3.63) is 59.5 Å². The van der Waals surface area contributed by atoms with Gasteiger partial charge in [0.15, 0.2) is 11.5 Å². The van der Waals surface area contributed by atoms with Gasteiger partial charge >= 0.3 is 0 Å². The van der Waals surface area contributed by atoms with Crippen LogP contribution in [0.2, 0.25) is 5.02 Å². The number of halogens is 1. The van der Waals surface area contributed by atoms with E-state index in [-0.39, 0.29) is 62.3 Å². The smallest absolute Gasteiger partial charge is 0.243 e. The Hall–Kier alpha value is -3.02. The minimum Gasteiger partial charge on any atom is -0.349 e. The van der Waals surface area contributed by atoms with Crippen molar-refractivity contribution in [2.75, 3.05) is 26.2 Å². The third kappa shape index (κ3) is 5.32. The van der Waals surface area contributed by atoms with Gasteiger partial charge in [0.1, 0.15) is 0 Å². The van der Waals surface area contributed by atoms with Crippen LogP contribution in [0, 0.1) is 0 Å². The summed E-state index contributed by atoms with van der Waals surface area (Å²) < 4.78 is 28.7. The number of aromatic nitrogens is 3. The summed E-state index contributed by atoms with van der Waals surface area (Å²) in [6, 6.07) is 11.5. The summed E-state index contributed by atoms with van der Waals surface area (Å²) in [5.74, 6) is 0.157. The van der Waals surface area contributed by atoms with E-state index in [4.69, 9.17) is 11.6 Å². The maximum atomic E-state index is 12.8. The van der Waals surface area contributed by atoms with Crippen LogP contribution >= 0.6 is 11.6 Å². The molecule has 1 saturated heterocycles. The fourth-order valence-corrected chi connectivity index (χ4v) is 5.14. The van der Waals surface area contributed by atoms with E-state index in [9.17, 15) is 18.0 Å². The van der Waals surface area contributed by atoms with E-state index < -0.39 is 10.0 Å². The molecule has 3 aromatic rings. The van der Waals surface area contributed by atoms with Gasteiger partial charge in [-0.25, -0.2) is 8.42 Å². The van der Waals surface area contributed by atoms with Crippen molar-refractivity contribution < 1.29 is 18.0 Å². The van der Waals surface area contributed by atoms with Crippen molar-refractivity contribution in [2.24, 2.45) is 0 Å². The normalized spacial score (nSPS) is 15.0. The molecule has 1 aliphatic rings. The molecule has 3 heterocycles. The van der Waals surface area contributed by atoms with Gasteiger partial charge in [-0.3, -0.25) is 14.0 Å². The molecule has 12 heteroatoms. The van der Waals surface area contributed by atoms with Gasteiger partial charge in [0.25, 0.3) is 0 Å². The molecule has 174 valence electrons. The third-order valence-electron chi connectivity index (χ3n) is 5.44. The molecule has 1 fully saturated rings. The average molecular weight is 491 g/mol. The van der Waals surface area contributed by atoms with E-state index in [2.05, 4.69) is 15.5 Å². The van der Waals surface area contributed by atoms with Gasteiger partial charge in [-0.1, -0.05) is 17.7 Å². The number of nitrogens with zero attached hydrogens (tertiary/aromatic N) is 5. The molecule has 0 bridgehead atoms. The lowest BCUT2D eigenvalue weighted by Crippen LogP contribution is -2.50. The van der Waals surface area contributed by atoms with Crippen LogP contribution in [-0.2, 0) is 26.2 Å². The van der Waals surface area contributed by atoms with Crippen molar-refractivity contribution in [3.8, 4) is 0 Å². The lowest BCUT2D eigenvalue weighted by molar-refractivity contribution is -0.134. The summed E-state index contributed by atoms with van der Waals surface area (Å²) in [7, 11) is -3.64. The minimum atomic E-state index is -3.64. The SMILES string of the molecule is O=C(CCC(=O)N1CCN(S(=O)(=O)c2ccc(Cl)cc2)CC1)NCc1nnc2ccccn12. The molecule has 0 spiro atoms. The Morgan fingerprint density at radius 2 is 1.70 bits per heavy atom. The van der Waals surface area contributed by atoms with Crippen molar-refractivity contribution in [1.29, 1.82) is 0 Å². The molecule has 0 atom stereocenters. The van der Waals surface area contributed by atoms with Crippen LogP contribution < -0.4 is 5.32 Å². The number of amides is 2. The van der Waals surface area contributed by atoms with E-state index in [1.165, 1.54) is 28.6 Å². The van der Waals surface area contributed by atoms with E-state index in [1.807, 2.05) is 24.4 Å². The van der Waals surface area contributed by atoms with Gasteiger partial charge in [0.2, 0.25) is 21.8 Å². The molecule has 4 rings (SSSR count). The maximum absolute atomic E-state index is 12.8. The first-order valence-corrected chi connectivity index (χ1v) is 12.3. The summed E-state index contributed by atoms with van der Waals surface area (Å²) >= 11 is 5.83. The number of carbonyl (C=O) groups is 2. The van der Waals surface area contributed by atoms with E-state index in [0.29, 0.717) is 16.5 Å². The van der Waals surface area contributed by atoms with Gasteiger partial charge in [-0.2, -0.15) is 4.31 Å². The summed E-state index contributed by atoms with van der Waals surface area (Å²) in [6.45, 7) is 1.16. The van der Waals surface area contributed by atoms with Crippen LogP contribution in [0.3, 0.4) is 0 Å². The van der Waals surface area contributed by atoms with Crippen molar-refractivity contribution >= 4 is 39.1 Å². The fourth-order valence-electron chi connectivity index (χ4n) is 3.59. The molecule has 10 nitrogen and oxygen atoms in total. The summed E-state index contributed by atoms with van der Waals surface area (Å²) in [5.41, 5.74) is 0.689. The van der Waals surface area contributed by atoms with E-state index >= 15 is 0 Å². The predicted molar refractivity (Wildman–Crippen MR) is 121 cm³/mol. The zero-order valence-corrected chi connectivity index (χ0v) is 19.3. The molecule has 2 amide bonds. The summed E-state index contributed by atoms with van der Waals surface area (Å²) in [5, 5.41) is 11.3. The topological polar surface area (TPSA) is 117 Å². The molecule has 0 radical (unpaired) electrons. The Labute approximate surface area is 196 Å². The molecule has 1 aromatic carbocycles. The average Bonchev–Trinajstić information content (AvgIpc) is 3.24. The summed E-state index contributed by atoms with van der Waals surface area (Å²) in [4.78, 5) is 26.5. The third-order valence-corrected chi connectivity index (χ3v) is 7.60. The van der Waals surface area contributed by atoms with Crippen LogP contribution in [0.15, 0.2) is 53.6 Å². The highest BCUT2D eigenvalue weighted by atomic mass is 35.5. The summed E-state index contributed by atoms with van der Waals surface area (Å²) in [6.07, 6.45) is 1.91. The molecular weight excluding hydrogens is 468 g/mol. The highest BCUT2D eigenvalue weighted by Gasteiger charge is 2.30. The van der Waals surface area contributed by atoms with Gasteiger partial charge in [-0.05, 0) is 36.4 Å². The number of hydrogen-bond donors (Lipinski definition) is 1. The second-order valence-electron chi connectivity index (χ2n) is 7.56. The van der Waals surface area contributed by atoms with Crippen LogP contribution in [0.4, 0.5) is 0 Å². The molecule has 2 aromatic heterocycles. The number of piperazine rings is 1. The molecule has 0 aliphatic carbocycles. The molecular formula is C21H23ClN6O4S. The lowest BCUT2D eigenvalue weighted by Gasteiger charge is -2.34. The standard InChI is InChI=1S/C21H23ClN6O4S/c22-16-4-6-17(7-5-16)33(31,32)27-13-11-26(12-14-27)21(30)9-8-20(29)23-15-19-25-24-18-3-1-2-10-28(18)19/h1-7,10H,8-9,11-15H2,(H,23,29). The largest absolute Gasteiger partial charge is 0.349 e. The lowest BCUT2D eigenvalue weighted by atomic mass is 10.2. The van der Waals surface area contributed by atoms with Crippen molar-refractivity contribution in [3.63, 3.8) is 0 Å². The predicted octanol–water partition coefficient (Wildman–Crippen LogP) is 1.31. The number of pyridine rings is 1. The molecule has 33 heavy (non-hydrogen) atoms. The Kier molecular flexibility index (Phi) is 6.91. The Morgan fingerprint density at radius 1 is 0.970 bits per heavy atom. The van der Waals surface area contributed by atoms with Gasteiger partial charge in [0.05, 0.1) is 11.4 Å². The quantitative estimate of drug-likeness (QED) is 0.533. The number of nitrogens with one attached hydrogen (secondary N) is 1. The number of sulfonamides is 1. The Balaban J connectivity index is 1.23. The molecule has 1 N–H and O–H groups in total. The minimum absolute atomic E-state index is 0.0405. The van der Waals surface area contributed by atoms with Crippen molar-refractivity contribution in [1.82, 2.24) is 29.1 Å². The zero-order chi connectivity index (χ0) is 23.4. The van der Waals surface area contributed by atoms with Crippen molar-refractivity contribution in [2.45, 2.75) is 24.3 Å². The molecule has 1 aliphatic heterocycles. The highest BCUT2D eigenvalue weighted by molar-refractivity contribution is 7.89. The van der Waals surface area contributed by atoms with Crippen LogP contribution in [0.5, 0.6) is 0 Å². The maximum Gasteiger partial charge on any atom is 0.243 e. The first-order valence-electron chi connectivity index (χ1n) is 10.4. The Bertz CT molecular complexity index is 1250. The fraction of sp³-hybridized carbons (Fsp3) is 0.333. The number of hydrogen-bond acceptors (Lipinski definition) is 6. The van der Waals surface area contributed by atoms with Gasteiger partial charge < -0.3 is 10.2 Å². The number of fused-ring (bicyclic) bond motifs is 1. The van der Waals surface area contributed by atoms with Crippen LogP contribution in [-0.4, -0.2) is 70.2 Å². The number of carbonyl (C=O) groups excluding carboxylic acids is 2.